The fraction of sp³-hybridized carbons (Fsp3) is 0.208. The van der Waals surface area contributed by atoms with Crippen LogP contribution in [0.1, 0.15) is 19.4 Å². The number of anilines is 1. The summed E-state index contributed by atoms with van der Waals surface area (Å²) in [5.41, 5.74) is -0.118. The summed E-state index contributed by atoms with van der Waals surface area (Å²) in [6, 6.07) is 18.1. The van der Waals surface area contributed by atoms with E-state index >= 15 is 0 Å². The van der Waals surface area contributed by atoms with Crippen LogP contribution in [0.3, 0.4) is 0 Å². The number of halogens is 1. The van der Waals surface area contributed by atoms with E-state index < -0.39 is 35.7 Å². The lowest BCUT2D eigenvalue weighted by Gasteiger charge is -2.25. The first-order chi connectivity index (χ1) is 14.8. The van der Waals surface area contributed by atoms with Gasteiger partial charge in [-0.05, 0) is 54.4 Å². The van der Waals surface area contributed by atoms with E-state index in [1.165, 1.54) is 29.2 Å². The molecule has 1 aliphatic rings. The van der Waals surface area contributed by atoms with Gasteiger partial charge in [0, 0.05) is 12.2 Å². The SMILES string of the molecule is CCN(C(=O)CN1C(=O)N[C@@](C)(c2cccc3ccccc23)C1=O)c1ccc(F)cc1. The molecule has 3 aromatic rings. The van der Waals surface area contributed by atoms with E-state index in [-0.39, 0.29) is 0 Å². The molecule has 1 N–H and O–H groups in total. The Hall–Kier alpha value is -3.74. The lowest BCUT2D eigenvalue weighted by molar-refractivity contribution is -0.134. The second kappa shape index (κ2) is 7.83. The van der Waals surface area contributed by atoms with Crippen LogP contribution in [0.25, 0.3) is 10.8 Å². The molecule has 1 fully saturated rings. The van der Waals surface area contributed by atoms with Gasteiger partial charge in [0.2, 0.25) is 5.91 Å². The van der Waals surface area contributed by atoms with Gasteiger partial charge in [-0.15, -0.1) is 0 Å². The molecule has 7 heteroatoms. The Morgan fingerprint density at radius 2 is 1.71 bits per heavy atom. The zero-order valence-electron chi connectivity index (χ0n) is 17.3. The van der Waals surface area contributed by atoms with Crippen molar-refractivity contribution >= 4 is 34.3 Å². The Labute approximate surface area is 179 Å². The van der Waals surface area contributed by atoms with Crippen LogP contribution >= 0.6 is 0 Å². The maximum absolute atomic E-state index is 13.3. The van der Waals surface area contributed by atoms with E-state index in [4.69, 9.17) is 0 Å². The van der Waals surface area contributed by atoms with Crippen molar-refractivity contribution in [1.82, 2.24) is 10.2 Å². The van der Waals surface area contributed by atoms with Gasteiger partial charge in [-0.3, -0.25) is 14.5 Å². The molecule has 1 atom stereocenters. The largest absolute Gasteiger partial charge is 0.325 e. The number of hydrogen-bond donors (Lipinski definition) is 1. The highest BCUT2D eigenvalue weighted by atomic mass is 19.1. The summed E-state index contributed by atoms with van der Waals surface area (Å²) < 4.78 is 13.2. The van der Waals surface area contributed by atoms with Gasteiger partial charge in [0.1, 0.15) is 17.9 Å². The summed E-state index contributed by atoms with van der Waals surface area (Å²) >= 11 is 0. The van der Waals surface area contributed by atoms with Crippen LogP contribution in [0.15, 0.2) is 66.7 Å². The molecule has 0 spiro atoms. The number of rotatable bonds is 5. The van der Waals surface area contributed by atoms with E-state index in [0.29, 0.717) is 17.8 Å². The number of hydrogen-bond acceptors (Lipinski definition) is 3. The Morgan fingerprint density at radius 1 is 1.03 bits per heavy atom. The fourth-order valence-electron chi connectivity index (χ4n) is 4.03. The minimum Gasteiger partial charge on any atom is -0.319 e. The van der Waals surface area contributed by atoms with Crippen LogP contribution in [-0.4, -0.2) is 35.8 Å². The van der Waals surface area contributed by atoms with Crippen LogP contribution in [0.5, 0.6) is 0 Å². The fourth-order valence-corrected chi connectivity index (χ4v) is 4.03. The van der Waals surface area contributed by atoms with Gasteiger partial charge in [-0.2, -0.15) is 0 Å². The molecule has 1 saturated heterocycles. The van der Waals surface area contributed by atoms with Crippen molar-refractivity contribution in [2.45, 2.75) is 19.4 Å². The number of carbonyl (C=O) groups is 3. The van der Waals surface area contributed by atoms with Gasteiger partial charge in [0.05, 0.1) is 0 Å². The number of carbonyl (C=O) groups excluding carboxylic acids is 3. The standard InChI is InChI=1S/C24H22FN3O3/c1-3-27(18-13-11-17(25)12-14-18)21(29)15-28-22(30)24(2,26-23(28)31)20-10-6-8-16-7-4-5-9-19(16)20/h4-14H,3,15H2,1-2H3,(H,26,31)/t24-/m0/s1. The smallest absolute Gasteiger partial charge is 0.319 e. The monoisotopic (exact) mass is 419 g/mol. The Bertz CT molecular complexity index is 1170. The molecule has 0 aliphatic carbocycles. The molecule has 31 heavy (non-hydrogen) atoms. The topological polar surface area (TPSA) is 69.7 Å². The maximum Gasteiger partial charge on any atom is 0.325 e. The van der Waals surface area contributed by atoms with Gasteiger partial charge in [-0.25, -0.2) is 9.18 Å². The minimum absolute atomic E-state index is 0.314. The molecule has 6 nitrogen and oxygen atoms in total. The lowest BCUT2D eigenvalue weighted by Crippen LogP contribution is -2.44. The predicted octanol–water partition coefficient (Wildman–Crippen LogP) is 3.80. The number of urea groups is 1. The van der Waals surface area contributed by atoms with Crippen LogP contribution in [0.4, 0.5) is 14.9 Å². The van der Waals surface area contributed by atoms with Gasteiger partial charge in [-0.1, -0.05) is 42.5 Å². The van der Waals surface area contributed by atoms with Crippen molar-refractivity contribution in [3.05, 3.63) is 78.1 Å². The van der Waals surface area contributed by atoms with Crippen molar-refractivity contribution in [2.24, 2.45) is 0 Å². The molecule has 0 bridgehead atoms. The Morgan fingerprint density at radius 3 is 2.42 bits per heavy atom. The van der Waals surface area contributed by atoms with E-state index in [0.717, 1.165) is 15.7 Å². The number of fused-ring (bicyclic) bond motifs is 1. The van der Waals surface area contributed by atoms with Gasteiger partial charge < -0.3 is 10.2 Å². The highest BCUT2D eigenvalue weighted by Gasteiger charge is 2.50. The molecule has 1 aliphatic heterocycles. The first-order valence-corrected chi connectivity index (χ1v) is 10.0. The van der Waals surface area contributed by atoms with Crippen molar-refractivity contribution in [2.75, 3.05) is 18.0 Å². The molecule has 0 aromatic heterocycles. The molecular weight excluding hydrogens is 397 g/mol. The zero-order valence-corrected chi connectivity index (χ0v) is 17.3. The molecule has 0 unspecified atom stereocenters. The third-order valence-corrected chi connectivity index (χ3v) is 5.65. The molecule has 158 valence electrons. The van der Waals surface area contributed by atoms with Crippen LogP contribution in [-0.2, 0) is 15.1 Å². The van der Waals surface area contributed by atoms with E-state index in [1.54, 1.807) is 13.8 Å². The summed E-state index contributed by atoms with van der Waals surface area (Å²) in [7, 11) is 0. The molecule has 4 rings (SSSR count). The number of imide groups is 1. The van der Waals surface area contributed by atoms with Crippen LogP contribution < -0.4 is 10.2 Å². The summed E-state index contributed by atoms with van der Waals surface area (Å²) in [6.07, 6.45) is 0. The lowest BCUT2D eigenvalue weighted by atomic mass is 9.88. The van der Waals surface area contributed by atoms with Crippen molar-refractivity contribution in [3.63, 3.8) is 0 Å². The van der Waals surface area contributed by atoms with Crippen molar-refractivity contribution < 1.29 is 18.8 Å². The first-order valence-electron chi connectivity index (χ1n) is 10.0. The number of benzene rings is 3. The maximum atomic E-state index is 13.3. The number of amides is 4. The highest BCUT2D eigenvalue weighted by molar-refractivity contribution is 6.12. The van der Waals surface area contributed by atoms with Crippen LogP contribution in [0.2, 0.25) is 0 Å². The molecule has 4 amide bonds. The molecule has 0 saturated carbocycles. The van der Waals surface area contributed by atoms with E-state index in [1.807, 2.05) is 42.5 Å². The minimum atomic E-state index is -1.29. The average molecular weight is 419 g/mol. The second-order valence-corrected chi connectivity index (χ2v) is 7.59. The van der Waals surface area contributed by atoms with Gasteiger partial charge in [0.25, 0.3) is 5.91 Å². The summed E-state index contributed by atoms with van der Waals surface area (Å²) in [5, 5.41) is 4.57. The van der Waals surface area contributed by atoms with Crippen LogP contribution in [0, 0.1) is 5.82 Å². The summed E-state index contributed by atoms with van der Waals surface area (Å²) in [4.78, 5) is 41.3. The second-order valence-electron chi connectivity index (χ2n) is 7.59. The molecular formula is C24H22FN3O3. The van der Waals surface area contributed by atoms with Gasteiger partial charge in [0.15, 0.2) is 0 Å². The van der Waals surface area contributed by atoms with Crippen molar-refractivity contribution in [1.29, 1.82) is 0 Å². The highest BCUT2D eigenvalue weighted by Crippen LogP contribution is 2.34. The quantitative estimate of drug-likeness (QED) is 0.640. The van der Waals surface area contributed by atoms with Crippen molar-refractivity contribution in [3.8, 4) is 0 Å². The third-order valence-electron chi connectivity index (χ3n) is 5.65. The summed E-state index contributed by atoms with van der Waals surface area (Å²) in [6.45, 7) is 3.33. The third kappa shape index (κ3) is 3.52. The number of nitrogens with one attached hydrogen (secondary N) is 1. The summed E-state index contributed by atoms with van der Waals surface area (Å²) in [5.74, 6) is -1.33. The zero-order chi connectivity index (χ0) is 22.2. The van der Waals surface area contributed by atoms with E-state index in [9.17, 15) is 18.8 Å². The number of likely N-dealkylation sites (N-methyl/N-ethyl adjacent to an activating group) is 1. The molecule has 1 heterocycles. The first kappa shape index (κ1) is 20.5. The Balaban J connectivity index is 1.62. The number of nitrogens with zero attached hydrogens (tertiary/aromatic N) is 2. The van der Waals surface area contributed by atoms with E-state index in [2.05, 4.69) is 5.32 Å². The molecule has 0 radical (unpaired) electrons. The average Bonchev–Trinajstić information content (AvgIpc) is 2.99. The molecule has 3 aromatic carbocycles. The Kier molecular flexibility index (Phi) is 5.19. The predicted molar refractivity (Wildman–Crippen MR) is 116 cm³/mol. The normalized spacial score (nSPS) is 18.4. The van der Waals surface area contributed by atoms with Gasteiger partial charge >= 0.3 is 6.03 Å².